The van der Waals surface area contributed by atoms with Crippen LogP contribution in [-0.4, -0.2) is 36.0 Å². The van der Waals surface area contributed by atoms with Crippen LogP contribution >= 0.6 is 0 Å². The van der Waals surface area contributed by atoms with E-state index in [9.17, 15) is 18.0 Å². The van der Waals surface area contributed by atoms with E-state index in [1.807, 2.05) is 18.7 Å². The number of hydrogen-bond acceptors (Lipinski definition) is 2. The summed E-state index contributed by atoms with van der Waals surface area (Å²) < 4.78 is 38.3. The van der Waals surface area contributed by atoms with Crippen molar-refractivity contribution in [2.45, 2.75) is 45.5 Å². The maximum atomic E-state index is 12.8. The van der Waals surface area contributed by atoms with Crippen LogP contribution in [0.2, 0.25) is 0 Å². The molecule has 0 radical (unpaired) electrons. The smallest absolute Gasteiger partial charge is 0.337 e. The van der Waals surface area contributed by atoms with Crippen molar-refractivity contribution in [1.29, 1.82) is 0 Å². The maximum Gasteiger partial charge on any atom is 0.416 e. The summed E-state index contributed by atoms with van der Waals surface area (Å²) in [6.07, 6.45) is -4.04. The molecule has 3 unspecified atom stereocenters. The van der Waals surface area contributed by atoms with Crippen LogP contribution in [0, 0.1) is 5.92 Å². The summed E-state index contributed by atoms with van der Waals surface area (Å²) in [5.74, 6) is -0.338. The summed E-state index contributed by atoms with van der Waals surface area (Å²) in [4.78, 5) is 14.4. The molecular weight excluding hydrogens is 305 g/mol. The number of rotatable bonds is 3. The molecule has 0 aliphatic carbocycles. The van der Waals surface area contributed by atoms with Gasteiger partial charge in [0, 0.05) is 31.1 Å². The average Bonchev–Trinajstić information content (AvgIpc) is 2.49. The van der Waals surface area contributed by atoms with E-state index < -0.39 is 11.7 Å². The summed E-state index contributed by atoms with van der Waals surface area (Å²) >= 11 is 0. The molecule has 6 heteroatoms. The molecular formula is C17H23F3N2O. The minimum Gasteiger partial charge on any atom is -0.337 e. The number of nitrogens with zero attached hydrogens (tertiary/aromatic N) is 1. The predicted molar refractivity (Wildman–Crippen MR) is 83.0 cm³/mol. The number of carbonyl (C=O) groups excluding carboxylic acids is 1. The van der Waals surface area contributed by atoms with Crippen molar-refractivity contribution in [3.8, 4) is 0 Å². The van der Waals surface area contributed by atoms with Crippen LogP contribution in [0.1, 0.15) is 31.9 Å². The summed E-state index contributed by atoms with van der Waals surface area (Å²) in [6.45, 7) is 7.18. The molecule has 1 amide bonds. The van der Waals surface area contributed by atoms with Crippen LogP contribution in [0.4, 0.5) is 13.2 Å². The van der Waals surface area contributed by atoms with Gasteiger partial charge >= 0.3 is 6.18 Å². The fraction of sp³-hybridized carbons (Fsp3) is 0.588. The Morgan fingerprint density at radius 1 is 1.39 bits per heavy atom. The normalized spacial score (nSPS) is 23.7. The molecule has 3 nitrogen and oxygen atoms in total. The number of alkyl halides is 3. The molecule has 1 aliphatic rings. The Hall–Kier alpha value is -1.56. The van der Waals surface area contributed by atoms with Crippen molar-refractivity contribution >= 4 is 5.91 Å². The minimum absolute atomic E-state index is 0.00302. The average molecular weight is 328 g/mol. The lowest BCUT2D eigenvalue weighted by molar-refractivity contribution is -0.138. The van der Waals surface area contributed by atoms with E-state index in [0.717, 1.165) is 18.7 Å². The van der Waals surface area contributed by atoms with E-state index in [1.165, 1.54) is 6.07 Å². The summed E-state index contributed by atoms with van der Waals surface area (Å²) in [7, 11) is 0. The zero-order valence-corrected chi connectivity index (χ0v) is 13.7. The van der Waals surface area contributed by atoms with Crippen molar-refractivity contribution in [1.82, 2.24) is 10.2 Å². The molecule has 3 atom stereocenters. The summed E-state index contributed by atoms with van der Waals surface area (Å²) in [5, 5.41) is 3.31. The first-order valence-electron chi connectivity index (χ1n) is 7.90. The zero-order valence-electron chi connectivity index (χ0n) is 13.7. The predicted octanol–water partition coefficient (Wildman–Crippen LogP) is 3.09. The van der Waals surface area contributed by atoms with Crippen LogP contribution in [0.25, 0.3) is 0 Å². The van der Waals surface area contributed by atoms with Crippen molar-refractivity contribution in [3.63, 3.8) is 0 Å². The lowest BCUT2D eigenvalue weighted by Crippen LogP contribution is -2.58. The monoisotopic (exact) mass is 328 g/mol. The summed E-state index contributed by atoms with van der Waals surface area (Å²) in [5.41, 5.74) is -0.129. The molecule has 1 heterocycles. The van der Waals surface area contributed by atoms with Gasteiger partial charge in [0.25, 0.3) is 0 Å². The standard InChI is InChI=1S/C17H23F3N2O/c1-11(16(23)22-8-7-21-12(2)13(22)3)9-14-5-4-6-15(10-14)17(18,19)20/h4-6,10-13,21H,7-9H2,1-3H3. The first-order valence-corrected chi connectivity index (χ1v) is 7.90. The van der Waals surface area contributed by atoms with E-state index >= 15 is 0 Å². The molecule has 128 valence electrons. The van der Waals surface area contributed by atoms with Crippen LogP contribution < -0.4 is 5.32 Å². The number of piperazine rings is 1. The third-order valence-electron chi connectivity index (χ3n) is 4.54. The number of nitrogens with one attached hydrogen (secondary N) is 1. The highest BCUT2D eigenvalue weighted by atomic mass is 19.4. The second-order valence-corrected chi connectivity index (χ2v) is 6.32. The molecule has 0 saturated carbocycles. The number of amides is 1. The second kappa shape index (κ2) is 6.91. The van der Waals surface area contributed by atoms with Gasteiger partial charge in [-0.05, 0) is 31.9 Å². The van der Waals surface area contributed by atoms with Gasteiger partial charge in [0.05, 0.1) is 5.56 Å². The quantitative estimate of drug-likeness (QED) is 0.925. The molecule has 2 rings (SSSR count). The maximum absolute atomic E-state index is 12.8. The molecule has 1 fully saturated rings. The Labute approximate surface area is 134 Å². The lowest BCUT2D eigenvalue weighted by Gasteiger charge is -2.40. The van der Waals surface area contributed by atoms with Gasteiger partial charge in [0.1, 0.15) is 0 Å². The Bertz CT molecular complexity index is 559. The van der Waals surface area contributed by atoms with Gasteiger partial charge < -0.3 is 10.2 Å². The van der Waals surface area contributed by atoms with Gasteiger partial charge in [0.2, 0.25) is 5.91 Å². The molecule has 0 aromatic heterocycles. The fourth-order valence-corrected chi connectivity index (χ4v) is 2.97. The Kier molecular flexibility index (Phi) is 5.34. The van der Waals surface area contributed by atoms with Crippen molar-refractivity contribution in [3.05, 3.63) is 35.4 Å². The Morgan fingerprint density at radius 3 is 2.74 bits per heavy atom. The van der Waals surface area contributed by atoms with Crippen LogP contribution in [0.3, 0.4) is 0 Å². The highest BCUT2D eigenvalue weighted by molar-refractivity contribution is 5.79. The van der Waals surface area contributed by atoms with Crippen molar-refractivity contribution in [2.75, 3.05) is 13.1 Å². The number of hydrogen-bond donors (Lipinski definition) is 1. The van der Waals surface area contributed by atoms with Crippen molar-refractivity contribution < 1.29 is 18.0 Å². The third-order valence-corrected chi connectivity index (χ3v) is 4.54. The van der Waals surface area contributed by atoms with Crippen LogP contribution in [-0.2, 0) is 17.4 Å². The molecule has 23 heavy (non-hydrogen) atoms. The zero-order chi connectivity index (χ0) is 17.2. The van der Waals surface area contributed by atoms with E-state index in [4.69, 9.17) is 0 Å². The number of halogens is 3. The largest absolute Gasteiger partial charge is 0.416 e. The van der Waals surface area contributed by atoms with Gasteiger partial charge in [0.15, 0.2) is 0 Å². The lowest BCUT2D eigenvalue weighted by atomic mass is 9.96. The van der Waals surface area contributed by atoms with Crippen molar-refractivity contribution in [2.24, 2.45) is 5.92 Å². The van der Waals surface area contributed by atoms with Gasteiger partial charge in [-0.3, -0.25) is 4.79 Å². The number of carbonyl (C=O) groups is 1. The summed E-state index contributed by atoms with van der Waals surface area (Å²) in [6, 6.07) is 5.52. The van der Waals surface area contributed by atoms with E-state index in [2.05, 4.69) is 5.32 Å². The topological polar surface area (TPSA) is 32.3 Å². The van der Waals surface area contributed by atoms with Crippen LogP contribution in [0.15, 0.2) is 24.3 Å². The molecule has 1 saturated heterocycles. The molecule has 1 aromatic carbocycles. The molecule has 1 aliphatic heterocycles. The van der Waals surface area contributed by atoms with E-state index in [-0.39, 0.29) is 23.9 Å². The number of benzene rings is 1. The van der Waals surface area contributed by atoms with Crippen LogP contribution in [0.5, 0.6) is 0 Å². The Morgan fingerprint density at radius 2 is 2.09 bits per heavy atom. The van der Waals surface area contributed by atoms with Gasteiger partial charge in [-0.25, -0.2) is 0 Å². The molecule has 1 N–H and O–H groups in total. The van der Waals surface area contributed by atoms with E-state index in [1.54, 1.807) is 13.0 Å². The molecule has 0 bridgehead atoms. The third kappa shape index (κ3) is 4.25. The SMILES string of the molecule is CC(Cc1cccc(C(F)(F)F)c1)C(=O)N1CCNC(C)C1C. The molecule has 1 aromatic rings. The molecule has 0 spiro atoms. The second-order valence-electron chi connectivity index (χ2n) is 6.32. The highest BCUT2D eigenvalue weighted by Crippen LogP contribution is 2.30. The fourth-order valence-electron chi connectivity index (χ4n) is 2.97. The van der Waals surface area contributed by atoms with Gasteiger partial charge in [-0.2, -0.15) is 13.2 Å². The first-order chi connectivity index (χ1) is 10.7. The van der Waals surface area contributed by atoms with Gasteiger partial charge in [-0.15, -0.1) is 0 Å². The first kappa shape index (κ1) is 17.8. The minimum atomic E-state index is -4.36. The van der Waals surface area contributed by atoms with Gasteiger partial charge in [-0.1, -0.05) is 25.1 Å². The Balaban J connectivity index is 2.06. The van der Waals surface area contributed by atoms with E-state index in [0.29, 0.717) is 18.5 Å². The highest BCUT2D eigenvalue weighted by Gasteiger charge is 2.32.